The van der Waals surface area contributed by atoms with Gasteiger partial charge in [-0.2, -0.15) is 0 Å². The van der Waals surface area contributed by atoms with Gasteiger partial charge in [-0.15, -0.1) is 12.4 Å². The summed E-state index contributed by atoms with van der Waals surface area (Å²) in [5.41, 5.74) is 0. The van der Waals surface area contributed by atoms with Crippen LogP contribution in [0.1, 0.15) is 26.2 Å². The lowest BCUT2D eigenvalue weighted by Crippen LogP contribution is -2.39. The Kier molecular flexibility index (Phi) is 8.56. The number of methoxy groups -OCH3 is 1. The van der Waals surface area contributed by atoms with E-state index in [1.54, 1.807) is 7.11 Å². The fourth-order valence-corrected chi connectivity index (χ4v) is 2.08. The number of amides is 1. The van der Waals surface area contributed by atoms with E-state index in [0.717, 1.165) is 25.9 Å². The van der Waals surface area contributed by atoms with Crippen LogP contribution in [0.4, 0.5) is 0 Å². The number of rotatable bonds is 5. The van der Waals surface area contributed by atoms with E-state index in [1.165, 1.54) is 0 Å². The van der Waals surface area contributed by atoms with Gasteiger partial charge in [0.05, 0.1) is 12.6 Å². The molecule has 1 unspecified atom stereocenters. The van der Waals surface area contributed by atoms with Crippen molar-refractivity contribution in [2.75, 3.05) is 33.9 Å². The second-order valence-corrected chi connectivity index (χ2v) is 4.71. The number of likely N-dealkylation sites (N-methyl/N-ethyl adjacent to an activating group) is 1. The van der Waals surface area contributed by atoms with Crippen LogP contribution in [0, 0.1) is 5.92 Å². The van der Waals surface area contributed by atoms with Crippen LogP contribution in [-0.2, 0) is 9.53 Å². The maximum Gasteiger partial charge on any atom is 0.222 e. The Morgan fingerprint density at radius 2 is 2.06 bits per heavy atom. The molecule has 0 bridgehead atoms. The van der Waals surface area contributed by atoms with Crippen molar-refractivity contribution in [2.45, 2.75) is 32.2 Å². The number of hydrogen-bond acceptors (Lipinski definition) is 3. The van der Waals surface area contributed by atoms with Crippen LogP contribution in [0.2, 0.25) is 0 Å². The molecule has 1 atom stereocenters. The van der Waals surface area contributed by atoms with Crippen molar-refractivity contribution < 1.29 is 9.53 Å². The van der Waals surface area contributed by atoms with Crippen molar-refractivity contribution in [3.63, 3.8) is 0 Å². The lowest BCUT2D eigenvalue weighted by atomic mass is 9.94. The van der Waals surface area contributed by atoms with Gasteiger partial charge in [0.25, 0.3) is 0 Å². The van der Waals surface area contributed by atoms with Gasteiger partial charge in [0.2, 0.25) is 5.91 Å². The molecule has 5 heteroatoms. The summed E-state index contributed by atoms with van der Waals surface area (Å²) in [6, 6.07) is 0.166. The maximum atomic E-state index is 12.0. The molecule has 1 fully saturated rings. The fourth-order valence-electron chi connectivity index (χ4n) is 2.08. The third kappa shape index (κ3) is 5.70. The molecule has 0 aromatic rings. The van der Waals surface area contributed by atoms with Crippen molar-refractivity contribution in [3.8, 4) is 0 Å². The van der Waals surface area contributed by atoms with Crippen molar-refractivity contribution in [1.29, 1.82) is 0 Å². The molecule has 1 aliphatic rings. The van der Waals surface area contributed by atoms with Crippen LogP contribution >= 0.6 is 12.4 Å². The Labute approximate surface area is 110 Å². The highest BCUT2D eigenvalue weighted by molar-refractivity contribution is 5.85. The highest BCUT2D eigenvalue weighted by Crippen LogP contribution is 2.17. The summed E-state index contributed by atoms with van der Waals surface area (Å²) in [7, 11) is 3.54. The van der Waals surface area contributed by atoms with Gasteiger partial charge in [-0.05, 0) is 38.8 Å². The molecule has 0 aliphatic carbocycles. The minimum Gasteiger partial charge on any atom is -0.383 e. The molecule has 1 N–H and O–H groups in total. The highest BCUT2D eigenvalue weighted by Gasteiger charge is 2.21. The molecular formula is C12H25ClN2O2. The van der Waals surface area contributed by atoms with Crippen LogP contribution in [0.3, 0.4) is 0 Å². The number of ether oxygens (including phenoxy) is 1. The predicted molar refractivity (Wildman–Crippen MR) is 71.6 cm³/mol. The van der Waals surface area contributed by atoms with Crippen LogP contribution in [0.5, 0.6) is 0 Å². The molecule has 0 aromatic carbocycles. The Morgan fingerprint density at radius 3 is 2.59 bits per heavy atom. The smallest absolute Gasteiger partial charge is 0.222 e. The van der Waals surface area contributed by atoms with Gasteiger partial charge < -0.3 is 15.0 Å². The number of carbonyl (C=O) groups excluding carboxylic acids is 1. The molecule has 1 heterocycles. The summed E-state index contributed by atoms with van der Waals surface area (Å²) in [6.45, 7) is 4.73. The zero-order chi connectivity index (χ0) is 12.0. The van der Waals surface area contributed by atoms with E-state index in [2.05, 4.69) is 5.32 Å². The summed E-state index contributed by atoms with van der Waals surface area (Å²) in [5, 5.41) is 3.32. The largest absolute Gasteiger partial charge is 0.383 e. The van der Waals surface area contributed by atoms with Gasteiger partial charge in [-0.1, -0.05) is 0 Å². The fraction of sp³-hybridized carbons (Fsp3) is 0.917. The summed E-state index contributed by atoms with van der Waals surface area (Å²) in [5.74, 6) is 0.808. The highest BCUT2D eigenvalue weighted by atomic mass is 35.5. The van der Waals surface area contributed by atoms with Crippen LogP contribution < -0.4 is 5.32 Å². The summed E-state index contributed by atoms with van der Waals surface area (Å²) < 4.78 is 5.06. The lowest BCUT2D eigenvalue weighted by Gasteiger charge is -2.28. The number of nitrogens with one attached hydrogen (secondary N) is 1. The summed E-state index contributed by atoms with van der Waals surface area (Å²) in [6.07, 6.45) is 2.93. The second-order valence-electron chi connectivity index (χ2n) is 4.71. The number of piperidine rings is 1. The molecule has 1 amide bonds. The van der Waals surface area contributed by atoms with Gasteiger partial charge in [0.15, 0.2) is 0 Å². The van der Waals surface area contributed by atoms with E-state index in [1.807, 2.05) is 18.9 Å². The number of carbonyl (C=O) groups is 1. The average Bonchev–Trinajstić information content (AvgIpc) is 2.29. The molecule has 17 heavy (non-hydrogen) atoms. The van der Waals surface area contributed by atoms with Crippen LogP contribution in [0.25, 0.3) is 0 Å². The zero-order valence-corrected chi connectivity index (χ0v) is 11.9. The Balaban J connectivity index is 0.00000256. The average molecular weight is 265 g/mol. The summed E-state index contributed by atoms with van der Waals surface area (Å²) >= 11 is 0. The first kappa shape index (κ1) is 16.7. The first-order valence-electron chi connectivity index (χ1n) is 6.10. The molecule has 1 aliphatic heterocycles. The first-order valence-corrected chi connectivity index (χ1v) is 6.10. The van der Waals surface area contributed by atoms with Crippen molar-refractivity contribution in [1.82, 2.24) is 10.2 Å². The molecule has 102 valence electrons. The molecule has 1 rings (SSSR count). The van der Waals surface area contributed by atoms with Gasteiger partial charge in [0.1, 0.15) is 0 Å². The second kappa shape index (κ2) is 8.72. The van der Waals surface area contributed by atoms with E-state index >= 15 is 0 Å². The lowest BCUT2D eigenvalue weighted by molar-refractivity contribution is -0.133. The van der Waals surface area contributed by atoms with Crippen molar-refractivity contribution >= 4 is 18.3 Å². The minimum atomic E-state index is 0. The van der Waals surface area contributed by atoms with Gasteiger partial charge >= 0.3 is 0 Å². The zero-order valence-electron chi connectivity index (χ0n) is 11.1. The molecule has 0 spiro atoms. The Bertz CT molecular complexity index is 221. The van der Waals surface area contributed by atoms with Crippen LogP contribution in [-0.4, -0.2) is 50.7 Å². The van der Waals surface area contributed by atoms with Gasteiger partial charge in [0, 0.05) is 20.6 Å². The monoisotopic (exact) mass is 264 g/mol. The molecule has 0 aromatic heterocycles. The van der Waals surface area contributed by atoms with Gasteiger partial charge in [-0.3, -0.25) is 4.79 Å². The Morgan fingerprint density at radius 1 is 1.47 bits per heavy atom. The topological polar surface area (TPSA) is 41.6 Å². The van der Waals surface area contributed by atoms with E-state index in [0.29, 0.717) is 18.9 Å². The molecular weight excluding hydrogens is 240 g/mol. The van der Waals surface area contributed by atoms with E-state index in [4.69, 9.17) is 4.74 Å². The number of halogens is 1. The normalized spacial score (nSPS) is 18.3. The SMILES string of the molecule is COCC(C)N(C)C(=O)CC1CCNCC1.Cl. The predicted octanol–water partition coefficient (Wildman–Crippen LogP) is 1.29. The van der Waals surface area contributed by atoms with E-state index < -0.39 is 0 Å². The van der Waals surface area contributed by atoms with E-state index in [-0.39, 0.29) is 24.4 Å². The quantitative estimate of drug-likeness (QED) is 0.814. The first-order chi connectivity index (χ1) is 7.65. The number of hydrogen-bond donors (Lipinski definition) is 1. The van der Waals surface area contributed by atoms with E-state index in [9.17, 15) is 4.79 Å². The van der Waals surface area contributed by atoms with Crippen LogP contribution in [0.15, 0.2) is 0 Å². The third-order valence-electron chi connectivity index (χ3n) is 3.38. The van der Waals surface area contributed by atoms with Crippen molar-refractivity contribution in [3.05, 3.63) is 0 Å². The number of nitrogens with zero attached hydrogens (tertiary/aromatic N) is 1. The maximum absolute atomic E-state index is 12.0. The standard InChI is InChI=1S/C12H24N2O2.ClH/c1-10(9-16-3)14(2)12(15)8-11-4-6-13-7-5-11;/h10-11,13H,4-9H2,1-3H3;1H. The van der Waals surface area contributed by atoms with Gasteiger partial charge in [-0.25, -0.2) is 0 Å². The molecule has 1 saturated heterocycles. The summed E-state index contributed by atoms with van der Waals surface area (Å²) in [4.78, 5) is 13.8. The minimum absolute atomic E-state index is 0. The third-order valence-corrected chi connectivity index (χ3v) is 3.38. The van der Waals surface area contributed by atoms with Crippen molar-refractivity contribution in [2.24, 2.45) is 5.92 Å². The molecule has 0 saturated carbocycles. The Hall–Kier alpha value is -0.320. The molecule has 4 nitrogen and oxygen atoms in total. The molecule has 0 radical (unpaired) electrons.